The summed E-state index contributed by atoms with van der Waals surface area (Å²) in [4.78, 5) is 26.1. The number of rotatable bonds is 1. The van der Waals surface area contributed by atoms with Crippen molar-refractivity contribution < 1.29 is 9.59 Å². The van der Waals surface area contributed by atoms with Crippen molar-refractivity contribution in [2.75, 3.05) is 11.4 Å². The molecule has 0 saturated carbocycles. The highest BCUT2D eigenvalue weighted by molar-refractivity contribution is 5.99. The number of anilines is 1. The van der Waals surface area contributed by atoms with Crippen molar-refractivity contribution in [2.45, 2.75) is 32.2 Å². The van der Waals surface area contributed by atoms with Crippen LogP contribution in [-0.2, 0) is 16.0 Å². The molecular weight excluding hydrogens is 266 g/mol. The van der Waals surface area contributed by atoms with Gasteiger partial charge < -0.3 is 10.2 Å². The standard InChI is InChI=1S/C16H17N3O2/c1-10-7-12(8-15(20)18-10)16(21)19-6-5-13-11(9-17)3-2-4-14(13)19/h2-4,10,12H,5-8H2,1H3,(H,18,20). The molecule has 1 fully saturated rings. The molecule has 108 valence electrons. The summed E-state index contributed by atoms with van der Waals surface area (Å²) in [5, 5.41) is 12.0. The van der Waals surface area contributed by atoms with Gasteiger partial charge in [0.2, 0.25) is 11.8 Å². The maximum Gasteiger partial charge on any atom is 0.230 e. The average molecular weight is 283 g/mol. The number of hydrogen-bond acceptors (Lipinski definition) is 3. The fourth-order valence-corrected chi connectivity index (χ4v) is 3.30. The van der Waals surface area contributed by atoms with Gasteiger partial charge in [-0.3, -0.25) is 9.59 Å². The van der Waals surface area contributed by atoms with Crippen molar-refractivity contribution in [2.24, 2.45) is 5.92 Å². The van der Waals surface area contributed by atoms with Crippen LogP contribution in [0.1, 0.15) is 30.9 Å². The number of piperidine rings is 1. The van der Waals surface area contributed by atoms with Crippen LogP contribution in [0.25, 0.3) is 0 Å². The van der Waals surface area contributed by atoms with Gasteiger partial charge in [0, 0.05) is 30.6 Å². The molecule has 0 bridgehead atoms. The first kappa shape index (κ1) is 13.6. The summed E-state index contributed by atoms with van der Waals surface area (Å²) in [5.41, 5.74) is 2.41. The van der Waals surface area contributed by atoms with Gasteiger partial charge in [-0.1, -0.05) is 6.07 Å². The van der Waals surface area contributed by atoms with E-state index in [1.807, 2.05) is 13.0 Å². The van der Waals surface area contributed by atoms with Crippen molar-refractivity contribution in [3.05, 3.63) is 29.3 Å². The normalized spacial score (nSPS) is 24.2. The summed E-state index contributed by atoms with van der Waals surface area (Å²) in [5.74, 6) is -0.312. The highest BCUT2D eigenvalue weighted by Crippen LogP contribution is 2.33. The number of benzene rings is 1. The largest absolute Gasteiger partial charge is 0.354 e. The Morgan fingerprint density at radius 2 is 2.29 bits per heavy atom. The molecule has 5 nitrogen and oxygen atoms in total. The van der Waals surface area contributed by atoms with Crippen LogP contribution in [0.5, 0.6) is 0 Å². The van der Waals surface area contributed by atoms with Crippen molar-refractivity contribution >= 4 is 17.5 Å². The summed E-state index contributed by atoms with van der Waals surface area (Å²) >= 11 is 0. The Kier molecular flexibility index (Phi) is 3.38. The fourth-order valence-electron chi connectivity index (χ4n) is 3.30. The zero-order chi connectivity index (χ0) is 15.0. The number of amides is 2. The molecule has 3 rings (SSSR count). The number of nitrogens with zero attached hydrogens (tertiary/aromatic N) is 2. The number of fused-ring (bicyclic) bond motifs is 1. The molecule has 2 unspecified atom stereocenters. The van der Waals surface area contributed by atoms with E-state index in [0.29, 0.717) is 24.9 Å². The third-order valence-electron chi connectivity index (χ3n) is 4.24. The number of nitriles is 1. The van der Waals surface area contributed by atoms with E-state index in [-0.39, 0.29) is 30.2 Å². The molecular formula is C16H17N3O2. The Bertz CT molecular complexity index is 647. The zero-order valence-corrected chi connectivity index (χ0v) is 11.9. The Labute approximate surface area is 123 Å². The van der Waals surface area contributed by atoms with E-state index in [1.165, 1.54) is 0 Å². The molecule has 0 spiro atoms. The Morgan fingerprint density at radius 1 is 1.48 bits per heavy atom. The molecule has 2 atom stereocenters. The molecule has 2 amide bonds. The molecule has 0 radical (unpaired) electrons. The van der Waals surface area contributed by atoms with Crippen LogP contribution >= 0.6 is 0 Å². The lowest BCUT2D eigenvalue weighted by Gasteiger charge is -2.30. The summed E-state index contributed by atoms with van der Waals surface area (Å²) in [6, 6.07) is 7.68. The smallest absolute Gasteiger partial charge is 0.230 e. The number of carbonyl (C=O) groups is 2. The maximum atomic E-state index is 12.7. The van der Waals surface area contributed by atoms with Gasteiger partial charge in [0.1, 0.15) is 0 Å². The van der Waals surface area contributed by atoms with Crippen LogP contribution in [-0.4, -0.2) is 24.4 Å². The zero-order valence-electron chi connectivity index (χ0n) is 11.9. The van der Waals surface area contributed by atoms with Gasteiger partial charge in [-0.05, 0) is 37.5 Å². The first-order valence-corrected chi connectivity index (χ1v) is 7.23. The third-order valence-corrected chi connectivity index (χ3v) is 4.24. The monoisotopic (exact) mass is 283 g/mol. The van der Waals surface area contributed by atoms with Crippen LogP contribution in [0.15, 0.2) is 18.2 Å². The predicted octanol–water partition coefficient (Wildman–Crippen LogP) is 1.36. The minimum atomic E-state index is -0.259. The van der Waals surface area contributed by atoms with Gasteiger partial charge in [-0.15, -0.1) is 0 Å². The van der Waals surface area contributed by atoms with Gasteiger partial charge in [0.25, 0.3) is 0 Å². The summed E-state index contributed by atoms with van der Waals surface area (Å²) in [7, 11) is 0. The van der Waals surface area contributed by atoms with Crippen molar-refractivity contribution in [3.63, 3.8) is 0 Å². The quantitative estimate of drug-likeness (QED) is 0.845. The van der Waals surface area contributed by atoms with E-state index in [4.69, 9.17) is 5.26 Å². The summed E-state index contributed by atoms with van der Waals surface area (Å²) in [6.07, 6.45) is 1.64. The second kappa shape index (κ2) is 5.21. The van der Waals surface area contributed by atoms with E-state index < -0.39 is 0 Å². The molecule has 1 N–H and O–H groups in total. The maximum absolute atomic E-state index is 12.7. The Morgan fingerprint density at radius 3 is 3.00 bits per heavy atom. The molecule has 1 aromatic carbocycles. The SMILES string of the molecule is CC1CC(C(=O)N2CCc3c(C#N)cccc32)CC(=O)N1. The van der Waals surface area contributed by atoms with Gasteiger partial charge in [0.15, 0.2) is 0 Å². The molecule has 1 saturated heterocycles. The second-order valence-corrected chi connectivity index (χ2v) is 5.76. The Hall–Kier alpha value is -2.35. The molecule has 2 aliphatic heterocycles. The van der Waals surface area contributed by atoms with E-state index in [9.17, 15) is 9.59 Å². The Balaban J connectivity index is 1.86. The lowest BCUT2D eigenvalue weighted by atomic mass is 9.91. The van der Waals surface area contributed by atoms with Gasteiger partial charge in [-0.25, -0.2) is 0 Å². The number of hydrogen-bond donors (Lipinski definition) is 1. The first-order valence-electron chi connectivity index (χ1n) is 7.23. The summed E-state index contributed by atoms with van der Waals surface area (Å²) in [6.45, 7) is 2.52. The number of nitrogens with one attached hydrogen (secondary N) is 1. The van der Waals surface area contributed by atoms with Crippen LogP contribution < -0.4 is 10.2 Å². The van der Waals surface area contributed by atoms with Gasteiger partial charge in [-0.2, -0.15) is 5.26 Å². The highest BCUT2D eigenvalue weighted by atomic mass is 16.2. The lowest BCUT2D eigenvalue weighted by molar-refractivity contribution is -0.131. The second-order valence-electron chi connectivity index (χ2n) is 5.76. The van der Waals surface area contributed by atoms with Crippen molar-refractivity contribution in [3.8, 4) is 6.07 Å². The fraction of sp³-hybridized carbons (Fsp3) is 0.438. The van der Waals surface area contributed by atoms with Crippen LogP contribution in [0.2, 0.25) is 0 Å². The van der Waals surface area contributed by atoms with Crippen LogP contribution in [0, 0.1) is 17.2 Å². The average Bonchev–Trinajstić information content (AvgIpc) is 2.89. The number of carbonyl (C=O) groups excluding carboxylic acids is 2. The van der Waals surface area contributed by atoms with E-state index in [2.05, 4.69) is 11.4 Å². The molecule has 2 aliphatic rings. The summed E-state index contributed by atoms with van der Waals surface area (Å²) < 4.78 is 0. The minimum absolute atomic E-state index is 0.00513. The van der Waals surface area contributed by atoms with E-state index in [0.717, 1.165) is 11.3 Å². The molecule has 1 aromatic rings. The van der Waals surface area contributed by atoms with Gasteiger partial charge >= 0.3 is 0 Å². The lowest BCUT2D eigenvalue weighted by Crippen LogP contribution is -2.46. The molecule has 21 heavy (non-hydrogen) atoms. The highest BCUT2D eigenvalue weighted by Gasteiger charge is 2.35. The van der Waals surface area contributed by atoms with E-state index in [1.54, 1.807) is 17.0 Å². The minimum Gasteiger partial charge on any atom is -0.354 e. The molecule has 2 heterocycles. The molecule has 5 heteroatoms. The van der Waals surface area contributed by atoms with Crippen molar-refractivity contribution in [1.29, 1.82) is 5.26 Å². The topological polar surface area (TPSA) is 73.2 Å². The van der Waals surface area contributed by atoms with E-state index >= 15 is 0 Å². The third kappa shape index (κ3) is 2.38. The van der Waals surface area contributed by atoms with Crippen molar-refractivity contribution in [1.82, 2.24) is 5.32 Å². The molecule has 0 aliphatic carbocycles. The van der Waals surface area contributed by atoms with Crippen LogP contribution in [0.4, 0.5) is 5.69 Å². The first-order chi connectivity index (χ1) is 10.1. The predicted molar refractivity (Wildman–Crippen MR) is 77.5 cm³/mol. The van der Waals surface area contributed by atoms with Gasteiger partial charge in [0.05, 0.1) is 11.6 Å². The molecule has 0 aromatic heterocycles. The van der Waals surface area contributed by atoms with Crippen LogP contribution in [0.3, 0.4) is 0 Å².